The van der Waals surface area contributed by atoms with Gasteiger partial charge in [-0.2, -0.15) is 0 Å². The summed E-state index contributed by atoms with van der Waals surface area (Å²) in [6.45, 7) is 3.53. The average Bonchev–Trinajstić information content (AvgIpc) is 2.72. The highest BCUT2D eigenvalue weighted by molar-refractivity contribution is 5.80. The molecule has 0 aliphatic heterocycles. The third-order valence-corrected chi connectivity index (χ3v) is 4.50. The van der Waals surface area contributed by atoms with Crippen molar-refractivity contribution in [2.75, 3.05) is 7.11 Å². The first kappa shape index (κ1) is 23.7. The Bertz CT molecular complexity index is 869. The Kier molecular flexibility index (Phi) is 8.87. The van der Waals surface area contributed by atoms with Crippen LogP contribution in [0.3, 0.4) is 0 Å². The van der Waals surface area contributed by atoms with E-state index < -0.39 is 24.1 Å². The number of benzene rings is 2. The largest absolute Gasteiger partial charge is 0.497 e. The Balaban J connectivity index is 2.17. The number of nitrogens with two attached hydrogens (primary N) is 1. The zero-order valence-corrected chi connectivity index (χ0v) is 18.0. The van der Waals surface area contributed by atoms with Crippen molar-refractivity contribution < 1.29 is 23.9 Å². The van der Waals surface area contributed by atoms with Crippen molar-refractivity contribution in [3.8, 4) is 5.75 Å². The Morgan fingerprint density at radius 3 is 2.00 bits per heavy atom. The topological polar surface area (TPSA) is 120 Å². The molecule has 3 amide bonds. The number of esters is 1. The smallest absolute Gasteiger partial charge is 0.312 e. The SMILES string of the molecule is COc1ccc([C@H](CC(=O)OC(C)C)NC(=O)C[C@@H](NC(N)=O)c2ccccc2)cc1. The van der Waals surface area contributed by atoms with Gasteiger partial charge in [-0.3, -0.25) is 9.59 Å². The van der Waals surface area contributed by atoms with Crippen LogP contribution in [0.25, 0.3) is 0 Å². The second-order valence-corrected chi connectivity index (χ2v) is 7.31. The van der Waals surface area contributed by atoms with Gasteiger partial charge in [-0.25, -0.2) is 4.79 Å². The van der Waals surface area contributed by atoms with Crippen LogP contribution in [0.2, 0.25) is 0 Å². The van der Waals surface area contributed by atoms with Gasteiger partial charge in [0.05, 0.1) is 38.1 Å². The first-order chi connectivity index (χ1) is 14.8. The van der Waals surface area contributed by atoms with Gasteiger partial charge in [0.25, 0.3) is 0 Å². The van der Waals surface area contributed by atoms with Crippen LogP contribution >= 0.6 is 0 Å². The zero-order valence-electron chi connectivity index (χ0n) is 18.0. The molecule has 2 aromatic carbocycles. The first-order valence-electron chi connectivity index (χ1n) is 10.0. The molecule has 2 aromatic rings. The molecule has 2 rings (SSSR count). The molecule has 0 aliphatic carbocycles. The van der Waals surface area contributed by atoms with Crippen molar-refractivity contribution in [1.82, 2.24) is 10.6 Å². The van der Waals surface area contributed by atoms with Crippen molar-refractivity contribution in [2.24, 2.45) is 5.73 Å². The van der Waals surface area contributed by atoms with E-state index in [1.165, 1.54) is 0 Å². The van der Waals surface area contributed by atoms with Gasteiger partial charge in [0.2, 0.25) is 5.91 Å². The van der Waals surface area contributed by atoms with Crippen molar-refractivity contribution in [1.29, 1.82) is 0 Å². The summed E-state index contributed by atoms with van der Waals surface area (Å²) in [4.78, 5) is 36.5. The maximum absolute atomic E-state index is 12.8. The molecule has 2 atom stereocenters. The van der Waals surface area contributed by atoms with E-state index >= 15 is 0 Å². The van der Waals surface area contributed by atoms with Gasteiger partial charge in [0.15, 0.2) is 0 Å². The zero-order chi connectivity index (χ0) is 22.8. The third kappa shape index (κ3) is 8.00. The molecule has 0 spiro atoms. The number of ether oxygens (including phenoxy) is 2. The van der Waals surface area contributed by atoms with Crippen molar-refractivity contribution in [2.45, 2.75) is 44.9 Å². The molecule has 166 valence electrons. The molecule has 8 heteroatoms. The number of hydrogen-bond donors (Lipinski definition) is 3. The minimum absolute atomic E-state index is 0.0322. The molecule has 0 fully saturated rings. The maximum Gasteiger partial charge on any atom is 0.312 e. The van der Waals surface area contributed by atoms with Crippen LogP contribution in [0.15, 0.2) is 54.6 Å². The second kappa shape index (κ2) is 11.6. The number of urea groups is 1. The average molecular weight is 428 g/mol. The van der Waals surface area contributed by atoms with E-state index in [0.717, 1.165) is 11.1 Å². The van der Waals surface area contributed by atoms with Gasteiger partial charge in [-0.15, -0.1) is 0 Å². The number of carbonyl (C=O) groups excluding carboxylic acids is 3. The first-order valence-corrected chi connectivity index (χ1v) is 10.0. The lowest BCUT2D eigenvalue weighted by Gasteiger charge is -2.22. The summed E-state index contributed by atoms with van der Waals surface area (Å²) in [5.74, 6) is -0.111. The summed E-state index contributed by atoms with van der Waals surface area (Å²) in [6.07, 6.45) is -0.337. The number of hydrogen-bond acceptors (Lipinski definition) is 5. The van der Waals surface area contributed by atoms with Gasteiger partial charge in [0, 0.05) is 0 Å². The normalized spacial score (nSPS) is 12.5. The lowest BCUT2D eigenvalue weighted by molar-refractivity contribution is -0.148. The summed E-state index contributed by atoms with van der Waals surface area (Å²) in [6, 6.07) is 14.2. The predicted octanol–water partition coefficient (Wildman–Crippen LogP) is 2.99. The van der Waals surface area contributed by atoms with Gasteiger partial charge < -0.3 is 25.8 Å². The highest BCUT2D eigenvalue weighted by Crippen LogP contribution is 2.23. The number of carbonyl (C=O) groups is 3. The number of methoxy groups -OCH3 is 1. The second-order valence-electron chi connectivity index (χ2n) is 7.31. The van der Waals surface area contributed by atoms with Crippen molar-refractivity contribution in [3.05, 3.63) is 65.7 Å². The Hall–Kier alpha value is -3.55. The molecular formula is C23H29N3O5. The van der Waals surface area contributed by atoms with Crippen molar-refractivity contribution in [3.63, 3.8) is 0 Å². The fourth-order valence-electron chi connectivity index (χ4n) is 3.11. The lowest BCUT2D eigenvalue weighted by Crippen LogP contribution is -2.38. The molecule has 0 saturated carbocycles. The van der Waals surface area contributed by atoms with E-state index in [4.69, 9.17) is 15.2 Å². The van der Waals surface area contributed by atoms with Crippen LogP contribution in [0.4, 0.5) is 4.79 Å². The molecule has 8 nitrogen and oxygen atoms in total. The summed E-state index contributed by atoms with van der Waals surface area (Å²) < 4.78 is 10.4. The van der Waals surface area contributed by atoms with Crippen LogP contribution in [0, 0.1) is 0 Å². The van der Waals surface area contributed by atoms with Crippen molar-refractivity contribution >= 4 is 17.9 Å². The van der Waals surface area contributed by atoms with E-state index in [2.05, 4.69) is 10.6 Å². The fraction of sp³-hybridized carbons (Fsp3) is 0.348. The minimum Gasteiger partial charge on any atom is -0.497 e. The minimum atomic E-state index is -0.728. The van der Waals surface area contributed by atoms with Gasteiger partial charge >= 0.3 is 12.0 Å². The number of amides is 3. The molecule has 0 saturated heterocycles. The summed E-state index contributed by atoms with van der Waals surface area (Å²) in [5.41, 5.74) is 6.76. The van der Waals surface area contributed by atoms with E-state index in [0.29, 0.717) is 5.75 Å². The predicted molar refractivity (Wildman–Crippen MR) is 116 cm³/mol. The van der Waals surface area contributed by atoms with Gasteiger partial charge in [-0.1, -0.05) is 42.5 Å². The third-order valence-electron chi connectivity index (χ3n) is 4.50. The highest BCUT2D eigenvalue weighted by Gasteiger charge is 2.23. The molecular weight excluding hydrogens is 398 g/mol. The summed E-state index contributed by atoms with van der Waals surface area (Å²) in [5, 5.41) is 5.47. The molecule has 0 heterocycles. The molecule has 0 aliphatic rings. The monoisotopic (exact) mass is 427 g/mol. The number of nitrogens with one attached hydrogen (secondary N) is 2. The standard InChI is InChI=1S/C23H29N3O5/c1-15(2)31-22(28)14-20(17-9-11-18(30-3)12-10-17)25-21(27)13-19(26-23(24)29)16-7-5-4-6-8-16/h4-12,15,19-20H,13-14H2,1-3H3,(H,25,27)(H3,24,26,29)/t19-,20+/m1/s1. The fourth-order valence-corrected chi connectivity index (χ4v) is 3.11. The molecule has 31 heavy (non-hydrogen) atoms. The Morgan fingerprint density at radius 2 is 1.45 bits per heavy atom. The number of primary amides is 1. The van der Waals surface area contributed by atoms with Crippen LogP contribution in [0.1, 0.15) is 49.9 Å². The molecule has 0 radical (unpaired) electrons. The Labute approximate surface area is 182 Å². The molecule has 0 unspecified atom stereocenters. The van der Waals surface area contributed by atoms with Crippen LogP contribution in [0.5, 0.6) is 5.75 Å². The van der Waals surface area contributed by atoms with E-state index in [-0.39, 0.29) is 24.9 Å². The summed E-state index contributed by atoms with van der Waals surface area (Å²) in [7, 11) is 1.56. The quantitative estimate of drug-likeness (QED) is 0.504. The van der Waals surface area contributed by atoms with Crippen LogP contribution in [-0.4, -0.2) is 31.1 Å². The molecule has 4 N–H and O–H groups in total. The van der Waals surface area contributed by atoms with Crippen LogP contribution < -0.4 is 21.1 Å². The van der Waals surface area contributed by atoms with E-state index in [9.17, 15) is 14.4 Å². The lowest BCUT2D eigenvalue weighted by atomic mass is 10.0. The number of rotatable bonds is 10. The van der Waals surface area contributed by atoms with Gasteiger partial charge in [0.1, 0.15) is 5.75 Å². The molecule has 0 bridgehead atoms. The highest BCUT2D eigenvalue weighted by atomic mass is 16.5. The van der Waals surface area contributed by atoms with E-state index in [1.54, 1.807) is 57.4 Å². The van der Waals surface area contributed by atoms with Gasteiger partial charge in [-0.05, 0) is 37.1 Å². The molecule has 0 aromatic heterocycles. The summed E-state index contributed by atoms with van der Waals surface area (Å²) >= 11 is 0. The Morgan fingerprint density at radius 1 is 0.871 bits per heavy atom. The van der Waals surface area contributed by atoms with E-state index in [1.807, 2.05) is 18.2 Å². The maximum atomic E-state index is 12.8. The van der Waals surface area contributed by atoms with Crippen LogP contribution in [-0.2, 0) is 14.3 Å².